The van der Waals surface area contributed by atoms with Crippen LogP contribution in [0.5, 0.6) is 5.88 Å². The average Bonchev–Trinajstić information content (AvgIpc) is 3.23. The molecular weight excluding hydrogens is 524 g/mol. The molecule has 8 nitrogen and oxygen atoms in total. The zero-order valence-corrected chi connectivity index (χ0v) is 21.8. The van der Waals surface area contributed by atoms with Gasteiger partial charge in [0, 0.05) is 24.4 Å². The number of nitrogens with two attached hydrogens (primary N) is 1. The highest BCUT2D eigenvalue weighted by Gasteiger charge is 2.22. The molecule has 39 heavy (non-hydrogen) atoms. The average molecular weight is 550 g/mol. The molecular formula is C28H25F2N5O3S. The Hall–Kier alpha value is -4.51. The number of aromatic nitrogens is 3. The lowest BCUT2D eigenvalue weighted by Gasteiger charge is -2.13. The maximum absolute atomic E-state index is 14.2. The number of ether oxygens (including phenoxy) is 1. The number of nitrogen functional groups attached to an aromatic ring is 1. The van der Waals surface area contributed by atoms with E-state index in [4.69, 9.17) is 10.5 Å². The van der Waals surface area contributed by atoms with E-state index in [-0.39, 0.29) is 11.6 Å². The highest BCUT2D eigenvalue weighted by atomic mass is 32.2. The monoisotopic (exact) mass is 549 g/mol. The molecule has 0 radical (unpaired) electrons. The van der Waals surface area contributed by atoms with Crippen molar-refractivity contribution in [3.63, 3.8) is 0 Å². The van der Waals surface area contributed by atoms with Crippen LogP contribution in [0.1, 0.15) is 12.0 Å². The van der Waals surface area contributed by atoms with Gasteiger partial charge >= 0.3 is 0 Å². The Bertz CT molecular complexity index is 1760. The van der Waals surface area contributed by atoms with Gasteiger partial charge < -0.3 is 15.0 Å². The van der Waals surface area contributed by atoms with Crippen LogP contribution in [0, 0.1) is 11.6 Å². The van der Waals surface area contributed by atoms with E-state index < -0.39 is 26.6 Å². The zero-order chi connectivity index (χ0) is 27.6. The number of methoxy groups -OCH3 is 1. The van der Waals surface area contributed by atoms with Gasteiger partial charge in [-0.15, -0.1) is 0 Å². The van der Waals surface area contributed by atoms with E-state index in [1.54, 1.807) is 0 Å². The normalized spacial score (nSPS) is 11.6. The summed E-state index contributed by atoms with van der Waals surface area (Å²) in [5.41, 5.74) is 10.3. The zero-order valence-electron chi connectivity index (χ0n) is 20.9. The Morgan fingerprint density at radius 2 is 1.79 bits per heavy atom. The number of sulfonamides is 1. The van der Waals surface area contributed by atoms with Crippen molar-refractivity contribution in [1.29, 1.82) is 0 Å². The van der Waals surface area contributed by atoms with Gasteiger partial charge in [-0.3, -0.25) is 4.72 Å². The number of nitrogens with one attached hydrogen (secondary N) is 1. The van der Waals surface area contributed by atoms with Gasteiger partial charge in [0.2, 0.25) is 11.8 Å². The predicted octanol–water partition coefficient (Wildman–Crippen LogP) is 5.40. The molecule has 11 heteroatoms. The van der Waals surface area contributed by atoms with Crippen molar-refractivity contribution < 1.29 is 21.9 Å². The smallest absolute Gasteiger partial charge is 0.264 e. The van der Waals surface area contributed by atoms with Crippen LogP contribution >= 0.6 is 0 Å². The fourth-order valence-electron chi connectivity index (χ4n) is 4.38. The summed E-state index contributed by atoms with van der Waals surface area (Å²) in [6.45, 7) is 0.663. The summed E-state index contributed by atoms with van der Waals surface area (Å²) in [5, 5.41) is 0. The Kier molecular flexibility index (Phi) is 7.16. The summed E-state index contributed by atoms with van der Waals surface area (Å²) in [7, 11) is -3.07. The number of pyridine rings is 1. The Morgan fingerprint density at radius 3 is 2.54 bits per heavy atom. The van der Waals surface area contributed by atoms with Crippen molar-refractivity contribution in [2.45, 2.75) is 24.3 Å². The molecule has 0 atom stereocenters. The van der Waals surface area contributed by atoms with Crippen molar-refractivity contribution in [3.05, 3.63) is 96.2 Å². The third kappa shape index (κ3) is 5.53. The van der Waals surface area contributed by atoms with Gasteiger partial charge in [0.05, 0.1) is 18.1 Å². The SMILES string of the molecule is COc1ncc(-c2ccc3nc(N)n(CCCc4ccccc4)c3c2)cc1NS(=O)(=O)c1ccc(F)cc1F. The van der Waals surface area contributed by atoms with Crippen LogP contribution in [0.4, 0.5) is 20.4 Å². The minimum atomic E-state index is -4.41. The second kappa shape index (κ2) is 10.7. The van der Waals surface area contributed by atoms with E-state index in [2.05, 4.69) is 26.8 Å². The molecule has 5 aromatic rings. The van der Waals surface area contributed by atoms with E-state index in [9.17, 15) is 17.2 Å². The molecule has 0 saturated heterocycles. The molecule has 0 unspecified atom stereocenters. The first-order valence-electron chi connectivity index (χ1n) is 12.1. The lowest BCUT2D eigenvalue weighted by Crippen LogP contribution is -2.15. The van der Waals surface area contributed by atoms with Crippen LogP contribution in [-0.2, 0) is 23.0 Å². The van der Waals surface area contributed by atoms with Crippen LogP contribution in [0.25, 0.3) is 22.2 Å². The van der Waals surface area contributed by atoms with E-state index in [1.165, 1.54) is 24.9 Å². The Morgan fingerprint density at radius 1 is 1.00 bits per heavy atom. The maximum atomic E-state index is 14.2. The van der Waals surface area contributed by atoms with E-state index in [1.807, 2.05) is 41.0 Å². The van der Waals surface area contributed by atoms with E-state index in [0.717, 1.165) is 41.6 Å². The van der Waals surface area contributed by atoms with Crippen LogP contribution in [-0.4, -0.2) is 30.1 Å². The third-order valence-corrected chi connectivity index (χ3v) is 7.67. The van der Waals surface area contributed by atoms with Gasteiger partial charge in [-0.25, -0.2) is 27.2 Å². The van der Waals surface area contributed by atoms with Crippen molar-refractivity contribution in [2.75, 3.05) is 17.6 Å². The largest absolute Gasteiger partial charge is 0.480 e. The Labute approximate surface area is 224 Å². The number of fused-ring (bicyclic) bond motifs is 1. The highest BCUT2D eigenvalue weighted by molar-refractivity contribution is 7.92. The summed E-state index contributed by atoms with van der Waals surface area (Å²) < 4.78 is 62.8. The van der Waals surface area contributed by atoms with E-state index >= 15 is 0 Å². The third-order valence-electron chi connectivity index (χ3n) is 6.27. The molecule has 3 N–H and O–H groups in total. The second-order valence-electron chi connectivity index (χ2n) is 8.88. The van der Waals surface area contributed by atoms with Gasteiger partial charge in [0.15, 0.2) is 0 Å². The van der Waals surface area contributed by atoms with E-state index in [0.29, 0.717) is 24.1 Å². The minimum Gasteiger partial charge on any atom is -0.480 e. The van der Waals surface area contributed by atoms with Crippen LogP contribution in [0.2, 0.25) is 0 Å². The lowest BCUT2D eigenvalue weighted by atomic mass is 10.1. The fourth-order valence-corrected chi connectivity index (χ4v) is 5.49. The number of nitrogens with zero attached hydrogens (tertiary/aromatic N) is 3. The molecule has 0 fully saturated rings. The number of imidazole rings is 1. The van der Waals surface area contributed by atoms with Gasteiger partial charge in [-0.1, -0.05) is 36.4 Å². The first-order valence-corrected chi connectivity index (χ1v) is 13.6. The number of hydrogen-bond donors (Lipinski definition) is 2. The number of aryl methyl sites for hydroxylation is 2. The molecule has 0 spiro atoms. The van der Waals surface area contributed by atoms with Crippen molar-refractivity contribution in [3.8, 4) is 17.0 Å². The van der Waals surface area contributed by atoms with Crippen molar-refractivity contribution in [2.24, 2.45) is 0 Å². The fraction of sp³-hybridized carbons (Fsp3) is 0.143. The summed E-state index contributed by atoms with van der Waals surface area (Å²) in [5.74, 6) is -1.71. The predicted molar refractivity (Wildman–Crippen MR) is 146 cm³/mol. The maximum Gasteiger partial charge on any atom is 0.264 e. The molecule has 0 saturated carbocycles. The number of halogens is 2. The van der Waals surface area contributed by atoms with Crippen LogP contribution < -0.4 is 15.2 Å². The molecule has 0 bridgehead atoms. The van der Waals surface area contributed by atoms with Crippen LogP contribution in [0.15, 0.2) is 83.9 Å². The summed E-state index contributed by atoms with van der Waals surface area (Å²) in [6, 6.07) is 19.5. The molecule has 0 amide bonds. The van der Waals surface area contributed by atoms with Gasteiger partial charge in [0.25, 0.3) is 10.0 Å². The molecule has 0 aliphatic carbocycles. The number of rotatable bonds is 9. The number of anilines is 2. The molecule has 3 aromatic carbocycles. The first kappa shape index (κ1) is 26.1. The molecule has 0 aliphatic rings. The number of benzene rings is 3. The quantitative estimate of drug-likeness (QED) is 0.255. The van der Waals surface area contributed by atoms with Gasteiger partial charge in [-0.05, 0) is 54.3 Å². The molecule has 0 aliphatic heterocycles. The Balaban J connectivity index is 1.45. The van der Waals surface area contributed by atoms with Crippen LogP contribution in [0.3, 0.4) is 0 Å². The lowest BCUT2D eigenvalue weighted by molar-refractivity contribution is 0.400. The van der Waals surface area contributed by atoms with Crippen molar-refractivity contribution in [1.82, 2.24) is 14.5 Å². The van der Waals surface area contributed by atoms with Crippen molar-refractivity contribution >= 4 is 32.7 Å². The molecule has 5 rings (SSSR count). The number of hydrogen-bond acceptors (Lipinski definition) is 6. The minimum absolute atomic E-state index is 0.00490. The molecule has 2 heterocycles. The molecule has 2 aromatic heterocycles. The van der Waals surface area contributed by atoms with Gasteiger partial charge in [-0.2, -0.15) is 0 Å². The highest BCUT2D eigenvalue weighted by Crippen LogP contribution is 2.32. The standard InChI is InChI=1S/C28H25F2N5O3S/c1-38-27-24(34-39(36,37)26-12-10-21(29)16-22(26)30)14-20(17-32-27)19-9-11-23-25(15-19)35(28(31)33-23)13-5-8-18-6-3-2-4-7-18/h2-4,6-7,9-12,14-17,34H,5,8,13H2,1H3,(H2,31,33). The summed E-state index contributed by atoms with van der Waals surface area (Å²) in [6.07, 6.45) is 3.29. The second-order valence-corrected chi connectivity index (χ2v) is 10.5. The summed E-state index contributed by atoms with van der Waals surface area (Å²) >= 11 is 0. The topological polar surface area (TPSA) is 112 Å². The van der Waals surface area contributed by atoms with Gasteiger partial charge in [0.1, 0.15) is 22.2 Å². The molecule has 200 valence electrons. The first-order chi connectivity index (χ1) is 18.7. The summed E-state index contributed by atoms with van der Waals surface area (Å²) in [4.78, 5) is 7.99.